The lowest BCUT2D eigenvalue weighted by Crippen LogP contribution is -2.25. The molecular formula is C15H18N4S. The molecule has 0 aliphatic carbocycles. The van der Waals surface area contributed by atoms with Crippen LogP contribution in [0.1, 0.15) is 12.5 Å². The molecule has 0 amide bonds. The Balaban J connectivity index is 2.08. The first-order chi connectivity index (χ1) is 9.72. The van der Waals surface area contributed by atoms with Gasteiger partial charge in [0.1, 0.15) is 11.6 Å². The summed E-state index contributed by atoms with van der Waals surface area (Å²) in [4.78, 5) is 11.4. The Morgan fingerprint density at radius 3 is 2.85 bits per heavy atom. The summed E-state index contributed by atoms with van der Waals surface area (Å²) < 4.78 is 0. The number of fused-ring (bicyclic) bond motifs is 1. The van der Waals surface area contributed by atoms with Gasteiger partial charge in [0.2, 0.25) is 0 Å². The van der Waals surface area contributed by atoms with Crippen LogP contribution in [-0.4, -0.2) is 29.3 Å². The number of nitrogens with zero attached hydrogens (tertiary/aromatic N) is 3. The van der Waals surface area contributed by atoms with Crippen LogP contribution in [0, 0.1) is 0 Å². The number of para-hydroxylation sites is 1. The summed E-state index contributed by atoms with van der Waals surface area (Å²) in [7, 11) is 1.89. The van der Waals surface area contributed by atoms with Crippen LogP contribution in [0.3, 0.4) is 0 Å². The van der Waals surface area contributed by atoms with Crippen LogP contribution >= 0.6 is 11.8 Å². The highest BCUT2D eigenvalue weighted by Gasteiger charge is 2.28. The fourth-order valence-electron chi connectivity index (χ4n) is 2.67. The molecule has 0 radical (unpaired) electrons. The van der Waals surface area contributed by atoms with E-state index in [0.29, 0.717) is 6.04 Å². The monoisotopic (exact) mass is 286 g/mol. The number of hydrogen-bond acceptors (Lipinski definition) is 5. The fourth-order valence-corrected chi connectivity index (χ4v) is 3.04. The molecule has 104 valence electrons. The molecule has 0 bridgehead atoms. The molecule has 2 heterocycles. The summed E-state index contributed by atoms with van der Waals surface area (Å²) >= 11 is 1.56. The van der Waals surface area contributed by atoms with E-state index in [2.05, 4.69) is 51.4 Å². The third-order valence-corrected chi connectivity index (χ3v) is 4.13. The highest BCUT2D eigenvalue weighted by molar-refractivity contribution is 7.98. The molecular weight excluding hydrogens is 268 g/mol. The molecule has 0 saturated carbocycles. The number of rotatable bonds is 3. The van der Waals surface area contributed by atoms with Crippen molar-refractivity contribution in [3.63, 3.8) is 0 Å². The SMILES string of the molecule is CNc1cc(N2c3ccccc3CC2C)nc(SC)n1. The van der Waals surface area contributed by atoms with Crippen molar-refractivity contribution in [2.24, 2.45) is 0 Å². The highest BCUT2D eigenvalue weighted by Crippen LogP contribution is 2.38. The first-order valence-electron chi connectivity index (χ1n) is 6.71. The molecule has 1 unspecified atom stereocenters. The van der Waals surface area contributed by atoms with E-state index in [1.54, 1.807) is 11.8 Å². The Bertz CT molecular complexity index is 607. The Morgan fingerprint density at radius 1 is 1.30 bits per heavy atom. The lowest BCUT2D eigenvalue weighted by molar-refractivity contribution is 0.742. The number of aromatic nitrogens is 2. The maximum Gasteiger partial charge on any atom is 0.191 e. The molecule has 20 heavy (non-hydrogen) atoms. The molecule has 3 rings (SSSR count). The molecule has 0 spiro atoms. The van der Waals surface area contributed by atoms with Crippen molar-refractivity contribution in [3.8, 4) is 0 Å². The Morgan fingerprint density at radius 2 is 2.10 bits per heavy atom. The average Bonchev–Trinajstić information content (AvgIpc) is 2.82. The van der Waals surface area contributed by atoms with E-state index in [4.69, 9.17) is 0 Å². The maximum absolute atomic E-state index is 4.67. The van der Waals surface area contributed by atoms with Crippen molar-refractivity contribution < 1.29 is 0 Å². The van der Waals surface area contributed by atoms with Crippen LogP contribution in [0.4, 0.5) is 17.3 Å². The topological polar surface area (TPSA) is 41.0 Å². The summed E-state index contributed by atoms with van der Waals surface area (Å²) in [5.41, 5.74) is 2.64. The van der Waals surface area contributed by atoms with E-state index in [1.807, 2.05) is 19.4 Å². The minimum Gasteiger partial charge on any atom is -0.373 e. The highest BCUT2D eigenvalue weighted by atomic mass is 32.2. The summed E-state index contributed by atoms with van der Waals surface area (Å²) in [5.74, 6) is 1.82. The van der Waals surface area contributed by atoms with E-state index in [-0.39, 0.29) is 0 Å². The predicted octanol–water partition coefficient (Wildman–Crippen LogP) is 3.32. The minimum atomic E-state index is 0.418. The molecule has 4 nitrogen and oxygen atoms in total. The van der Waals surface area contributed by atoms with Gasteiger partial charge in [0.25, 0.3) is 0 Å². The van der Waals surface area contributed by atoms with Gasteiger partial charge >= 0.3 is 0 Å². The number of benzene rings is 1. The summed E-state index contributed by atoms with van der Waals surface area (Å²) in [5, 5.41) is 3.91. The van der Waals surface area contributed by atoms with Crippen LogP contribution < -0.4 is 10.2 Å². The third kappa shape index (κ3) is 2.22. The smallest absolute Gasteiger partial charge is 0.191 e. The van der Waals surface area contributed by atoms with Crippen molar-refractivity contribution in [2.75, 3.05) is 23.5 Å². The van der Waals surface area contributed by atoms with Gasteiger partial charge in [-0.1, -0.05) is 30.0 Å². The molecule has 1 aliphatic heterocycles. The number of nitrogens with one attached hydrogen (secondary N) is 1. The second-order valence-electron chi connectivity index (χ2n) is 4.90. The second kappa shape index (κ2) is 5.32. The quantitative estimate of drug-likeness (QED) is 0.692. The standard InChI is InChI=1S/C15H18N4S/c1-10-8-11-6-4-5-7-12(11)19(10)14-9-13(16-2)17-15(18-14)20-3/h4-7,9-10H,8H2,1-3H3,(H,16,17,18). The van der Waals surface area contributed by atoms with Crippen LogP contribution in [0.15, 0.2) is 35.5 Å². The fraction of sp³-hybridized carbons (Fsp3) is 0.333. The van der Waals surface area contributed by atoms with Crippen LogP contribution in [0.25, 0.3) is 0 Å². The van der Waals surface area contributed by atoms with Gasteiger partial charge in [0.15, 0.2) is 5.16 Å². The number of anilines is 3. The van der Waals surface area contributed by atoms with Gasteiger partial charge < -0.3 is 10.2 Å². The van der Waals surface area contributed by atoms with Gasteiger partial charge in [-0.2, -0.15) is 0 Å². The van der Waals surface area contributed by atoms with Crippen molar-refractivity contribution in [1.82, 2.24) is 9.97 Å². The minimum absolute atomic E-state index is 0.418. The van der Waals surface area contributed by atoms with E-state index in [0.717, 1.165) is 23.2 Å². The van der Waals surface area contributed by atoms with Gasteiger partial charge in [0, 0.05) is 24.8 Å². The normalized spacial score (nSPS) is 17.1. The maximum atomic E-state index is 4.67. The first kappa shape index (κ1) is 13.2. The van der Waals surface area contributed by atoms with E-state index in [9.17, 15) is 0 Å². The van der Waals surface area contributed by atoms with Crippen LogP contribution in [0.2, 0.25) is 0 Å². The third-order valence-electron chi connectivity index (χ3n) is 3.58. The molecule has 0 fully saturated rings. The lowest BCUT2D eigenvalue weighted by Gasteiger charge is -2.24. The van der Waals surface area contributed by atoms with Gasteiger partial charge in [0.05, 0.1) is 0 Å². The average molecular weight is 286 g/mol. The Kier molecular flexibility index (Phi) is 3.53. The van der Waals surface area contributed by atoms with Crippen LogP contribution in [0.5, 0.6) is 0 Å². The first-order valence-corrected chi connectivity index (χ1v) is 7.93. The Hall–Kier alpha value is -1.75. The zero-order valence-corrected chi connectivity index (χ0v) is 12.7. The molecule has 1 N–H and O–H groups in total. The van der Waals surface area contributed by atoms with E-state index in [1.165, 1.54) is 11.3 Å². The van der Waals surface area contributed by atoms with Crippen molar-refractivity contribution >= 4 is 29.1 Å². The van der Waals surface area contributed by atoms with Gasteiger partial charge in [-0.05, 0) is 31.2 Å². The molecule has 1 atom stereocenters. The zero-order chi connectivity index (χ0) is 14.1. The van der Waals surface area contributed by atoms with Crippen LogP contribution in [-0.2, 0) is 6.42 Å². The molecule has 1 aromatic heterocycles. The lowest BCUT2D eigenvalue weighted by atomic mass is 10.1. The van der Waals surface area contributed by atoms with Crippen molar-refractivity contribution in [2.45, 2.75) is 24.5 Å². The zero-order valence-electron chi connectivity index (χ0n) is 11.9. The largest absolute Gasteiger partial charge is 0.373 e. The predicted molar refractivity (Wildman–Crippen MR) is 85.1 cm³/mol. The van der Waals surface area contributed by atoms with Crippen molar-refractivity contribution in [1.29, 1.82) is 0 Å². The summed E-state index contributed by atoms with van der Waals surface area (Å²) in [6.45, 7) is 2.24. The summed E-state index contributed by atoms with van der Waals surface area (Å²) in [6, 6.07) is 11.0. The number of thioether (sulfide) groups is 1. The molecule has 2 aromatic rings. The van der Waals surface area contributed by atoms with Gasteiger partial charge in [-0.3, -0.25) is 0 Å². The molecule has 0 saturated heterocycles. The summed E-state index contributed by atoms with van der Waals surface area (Å²) in [6.07, 6.45) is 3.06. The molecule has 1 aromatic carbocycles. The van der Waals surface area contributed by atoms with E-state index < -0.39 is 0 Å². The number of hydrogen-bond donors (Lipinski definition) is 1. The molecule has 5 heteroatoms. The van der Waals surface area contributed by atoms with Gasteiger partial charge in [-0.25, -0.2) is 9.97 Å². The van der Waals surface area contributed by atoms with E-state index >= 15 is 0 Å². The molecule has 1 aliphatic rings. The van der Waals surface area contributed by atoms with Gasteiger partial charge in [-0.15, -0.1) is 0 Å². The van der Waals surface area contributed by atoms with Crippen molar-refractivity contribution in [3.05, 3.63) is 35.9 Å². The Labute approximate surface area is 123 Å². The second-order valence-corrected chi connectivity index (χ2v) is 5.67.